The summed E-state index contributed by atoms with van der Waals surface area (Å²) in [5.74, 6) is -6.04. The highest BCUT2D eigenvalue weighted by Crippen LogP contribution is 2.51. The van der Waals surface area contributed by atoms with Crippen molar-refractivity contribution in [3.8, 4) is 11.5 Å². The van der Waals surface area contributed by atoms with Crippen molar-refractivity contribution in [2.45, 2.75) is 24.5 Å². The van der Waals surface area contributed by atoms with Crippen LogP contribution in [0.4, 0.5) is 45.5 Å². The molecule has 11 N–H and O–H groups in total. The molecule has 31 nitrogen and oxygen atoms in total. The van der Waals surface area contributed by atoms with E-state index in [0.29, 0.717) is 42.5 Å². The van der Waals surface area contributed by atoms with Crippen molar-refractivity contribution in [2.24, 2.45) is 30.7 Å². The normalized spacial score (nSPS) is 12.8. The minimum Gasteiger partial charge on any atom is -0.505 e. The Balaban J connectivity index is 1.57. The summed E-state index contributed by atoms with van der Waals surface area (Å²) in [6, 6.07) is 7.28. The largest absolute Gasteiger partial charge is 0.505 e. The molecule has 6 aromatic rings. The maximum atomic E-state index is 12.9. The van der Waals surface area contributed by atoms with E-state index in [1.807, 2.05) is 0 Å². The number of aromatic hydroxyl groups is 2. The first-order valence-electron chi connectivity index (χ1n) is 17.6. The Kier molecular flexibility index (Phi) is 14.0. The van der Waals surface area contributed by atoms with E-state index in [1.54, 1.807) is 0 Å². The number of nitro benzene ring substituents is 1. The number of nitro groups is 1. The van der Waals surface area contributed by atoms with Crippen molar-refractivity contribution < 1.29 is 101 Å². The molecule has 0 heterocycles. The topological polar surface area (TPSA) is 515 Å². The Labute approximate surface area is 391 Å². The molecular weight excluding hydrogens is 1050 g/mol. The predicted molar refractivity (Wildman–Crippen MR) is 232 cm³/mol. The quantitative estimate of drug-likeness (QED) is 0.00890. The molecule has 0 atom stereocenters. The van der Waals surface area contributed by atoms with Crippen LogP contribution in [0, 0.1) is 10.1 Å². The summed E-state index contributed by atoms with van der Waals surface area (Å²) in [7, 11) is -21.7. The van der Waals surface area contributed by atoms with Gasteiger partial charge >= 0.3 is 11.9 Å². The molecule has 0 aromatic heterocycles. The second kappa shape index (κ2) is 19.0. The molecule has 6 rings (SSSR count). The molecule has 6 aromatic carbocycles. The molecule has 0 aliphatic heterocycles. The Hall–Kier alpha value is -7.75. The van der Waals surface area contributed by atoms with Crippen LogP contribution in [0.15, 0.2) is 122 Å². The molecule has 0 aliphatic carbocycles. The van der Waals surface area contributed by atoms with E-state index >= 15 is 0 Å². The highest BCUT2D eigenvalue weighted by atomic mass is 32.2. The fourth-order valence-electron chi connectivity index (χ4n) is 6.19. The Morgan fingerprint density at radius 2 is 1.14 bits per heavy atom. The van der Waals surface area contributed by atoms with Gasteiger partial charge in [-0.2, -0.15) is 33.7 Å². The number of carbonyl (C=O) groups is 2. The fourth-order valence-corrected chi connectivity index (χ4v) is 9.35. The molecule has 0 radical (unpaired) electrons. The minimum atomic E-state index is -5.66. The number of anilines is 1. The molecule has 0 amide bonds. The lowest BCUT2D eigenvalue weighted by Crippen LogP contribution is -2.03. The van der Waals surface area contributed by atoms with Gasteiger partial charge in [-0.25, -0.2) is 14.8 Å². The van der Waals surface area contributed by atoms with Gasteiger partial charge in [0.15, 0.2) is 11.5 Å². The average molecular weight is 1070 g/mol. The number of rotatable bonds is 16. The molecule has 0 aliphatic rings. The number of nitrogens with two attached hydrogens (primary N) is 1. The maximum Gasteiger partial charge on any atom is 0.338 e. The van der Waals surface area contributed by atoms with Crippen molar-refractivity contribution in [1.29, 1.82) is 0 Å². The molecule has 0 unspecified atom stereocenters. The molecule has 0 saturated heterocycles. The molecular formula is C34H22N8O23S5. The highest BCUT2D eigenvalue weighted by Gasteiger charge is 2.30. The standard InChI is InChI=1S/C34H22N8O23S5/c35-27-22(11-24(68(55,56)57)18-9-23(66-65-64-51)28(31(44)26(18)27)40-36-19-4-1-12(42(49)50)7-16(19)33(45)46)39-38-21-6-3-14-15(32(21)70(61,62)63)10-25(69(58,59)60)29(30(14)43)41-37-20-5-2-13(67(52,53)54)8-17(20)34(47)48/h1-11,43-44,51H,35H2,(H,45,46)(H,47,48)(H,52,53,54)(H,55,56,57)(H,58,59,60)(H,61,62,63). The highest BCUT2D eigenvalue weighted by molar-refractivity contribution is 7.94. The summed E-state index contributed by atoms with van der Waals surface area (Å²) in [5.41, 5.74) is -1.91. The Bertz CT molecular complexity index is 3850. The van der Waals surface area contributed by atoms with Gasteiger partial charge in [-0.3, -0.25) is 28.3 Å². The van der Waals surface area contributed by atoms with Crippen LogP contribution in [-0.4, -0.2) is 94.4 Å². The minimum absolute atomic E-state index is 0.0173. The van der Waals surface area contributed by atoms with Crippen molar-refractivity contribution in [3.63, 3.8) is 0 Å². The van der Waals surface area contributed by atoms with Gasteiger partial charge in [0.25, 0.3) is 46.2 Å². The van der Waals surface area contributed by atoms with E-state index in [1.165, 1.54) is 0 Å². The zero-order chi connectivity index (χ0) is 52.0. The maximum absolute atomic E-state index is 12.9. The van der Waals surface area contributed by atoms with Crippen LogP contribution in [-0.2, 0) is 49.8 Å². The number of hydrogen-bond acceptors (Lipinski definition) is 25. The molecule has 366 valence electrons. The van der Waals surface area contributed by atoms with Crippen molar-refractivity contribution >= 4 is 131 Å². The third kappa shape index (κ3) is 10.5. The van der Waals surface area contributed by atoms with Gasteiger partial charge in [0.05, 0.1) is 49.0 Å². The molecule has 36 heteroatoms. The first kappa shape index (κ1) is 51.6. The van der Waals surface area contributed by atoms with E-state index in [2.05, 4.69) is 40.1 Å². The zero-order valence-electron chi connectivity index (χ0n) is 33.3. The SMILES string of the molecule is Nc1c(N=Nc2ccc3c(O)c(N=Nc4ccc(S(=O)(=O)O)cc4C(=O)O)c(S(=O)(=O)O)cc3c2S(=O)(=O)O)cc(S(=O)(=O)O)c2cc(SOOO)c(N=Nc3ccc([N+](=O)[O-])cc3C(=O)O)c(O)c12. The lowest BCUT2D eigenvalue weighted by molar-refractivity contribution is -0.432. The number of carboxylic acid groups (broad SMARTS) is 2. The van der Waals surface area contributed by atoms with E-state index < -0.39 is 171 Å². The average Bonchev–Trinajstić information content (AvgIpc) is 3.25. The van der Waals surface area contributed by atoms with Gasteiger partial charge in [0.2, 0.25) is 0 Å². The summed E-state index contributed by atoms with van der Waals surface area (Å²) in [6.07, 6.45) is 0. The van der Waals surface area contributed by atoms with E-state index in [4.69, 9.17) is 11.0 Å². The first-order valence-corrected chi connectivity index (χ1v) is 24.1. The van der Waals surface area contributed by atoms with Crippen LogP contribution in [0.1, 0.15) is 20.7 Å². The van der Waals surface area contributed by atoms with Crippen LogP contribution < -0.4 is 5.73 Å². The third-order valence-electron chi connectivity index (χ3n) is 9.15. The summed E-state index contributed by atoms with van der Waals surface area (Å²) in [4.78, 5) is 28.7. The number of benzene rings is 6. The summed E-state index contributed by atoms with van der Waals surface area (Å²) < 4.78 is 144. The van der Waals surface area contributed by atoms with Crippen molar-refractivity contribution in [1.82, 2.24) is 0 Å². The Morgan fingerprint density at radius 1 is 0.600 bits per heavy atom. The number of non-ortho nitro benzene ring substituents is 1. The lowest BCUT2D eigenvalue weighted by Gasteiger charge is -2.15. The number of fused-ring (bicyclic) bond motifs is 2. The van der Waals surface area contributed by atoms with E-state index in [-0.39, 0.29) is 12.0 Å². The van der Waals surface area contributed by atoms with Gasteiger partial charge in [-0.15, -0.1) is 35.0 Å². The zero-order valence-corrected chi connectivity index (χ0v) is 37.4. The summed E-state index contributed by atoms with van der Waals surface area (Å²) in [5, 5.41) is 84.3. The molecule has 0 saturated carbocycles. The van der Waals surface area contributed by atoms with E-state index in [0.717, 1.165) is 24.3 Å². The number of aromatic carboxylic acids is 2. The number of nitrogens with zero attached hydrogens (tertiary/aromatic N) is 7. The van der Waals surface area contributed by atoms with Gasteiger partial charge in [-0.1, -0.05) is 5.04 Å². The predicted octanol–water partition coefficient (Wildman–Crippen LogP) is 6.95. The molecule has 0 fully saturated rings. The number of azo groups is 3. The monoisotopic (exact) mass is 1070 g/mol. The first-order chi connectivity index (χ1) is 32.4. The lowest BCUT2D eigenvalue weighted by atomic mass is 10.0. The molecule has 0 spiro atoms. The number of carboxylic acids is 2. The second-order valence-electron chi connectivity index (χ2n) is 13.4. The van der Waals surface area contributed by atoms with Crippen LogP contribution in [0.2, 0.25) is 0 Å². The van der Waals surface area contributed by atoms with Gasteiger partial charge < -0.3 is 26.2 Å². The second-order valence-corrected chi connectivity index (χ2v) is 19.7. The summed E-state index contributed by atoms with van der Waals surface area (Å²) in [6.45, 7) is 0. The number of hydrogen-bond donors (Lipinski definition) is 10. The molecule has 70 heavy (non-hydrogen) atoms. The van der Waals surface area contributed by atoms with Crippen LogP contribution in [0.5, 0.6) is 11.5 Å². The van der Waals surface area contributed by atoms with Crippen LogP contribution in [0.25, 0.3) is 21.5 Å². The molecule has 0 bridgehead atoms. The number of phenolic OH excluding ortho intramolecular Hbond substituents is 2. The Morgan fingerprint density at radius 3 is 1.69 bits per heavy atom. The van der Waals surface area contributed by atoms with Crippen molar-refractivity contribution in [3.05, 3.63) is 88.0 Å². The third-order valence-corrected chi connectivity index (χ3v) is 13.3. The van der Waals surface area contributed by atoms with Gasteiger partial charge in [0, 0.05) is 28.3 Å². The number of nitrogen functional groups attached to an aromatic ring is 1. The van der Waals surface area contributed by atoms with E-state index in [9.17, 15) is 92.0 Å². The van der Waals surface area contributed by atoms with Crippen molar-refractivity contribution in [2.75, 3.05) is 5.73 Å². The fraction of sp³-hybridized carbons (Fsp3) is 0. The van der Waals surface area contributed by atoms with Crippen LogP contribution >= 0.6 is 12.0 Å². The van der Waals surface area contributed by atoms with Gasteiger partial charge in [-0.05, 0) is 54.6 Å². The van der Waals surface area contributed by atoms with Crippen LogP contribution in [0.3, 0.4) is 0 Å². The number of phenols is 2. The summed E-state index contributed by atoms with van der Waals surface area (Å²) >= 11 is 0.0173. The van der Waals surface area contributed by atoms with Gasteiger partial charge in [0.1, 0.15) is 48.8 Å². The smallest absolute Gasteiger partial charge is 0.338 e.